The highest BCUT2D eigenvalue weighted by molar-refractivity contribution is 6.00. The molecular weight excluding hydrogens is 411 g/mol. The predicted octanol–water partition coefficient (Wildman–Crippen LogP) is 2.84. The third kappa shape index (κ3) is 4.46. The first-order chi connectivity index (χ1) is 14.7. The van der Waals surface area contributed by atoms with E-state index in [9.17, 15) is 27.6 Å². The van der Waals surface area contributed by atoms with Gasteiger partial charge in [0.25, 0.3) is 5.91 Å². The Labute approximate surface area is 176 Å². The van der Waals surface area contributed by atoms with Crippen molar-refractivity contribution in [2.45, 2.75) is 44.2 Å². The molecule has 2 aromatic rings. The molecule has 1 saturated heterocycles. The lowest BCUT2D eigenvalue weighted by Crippen LogP contribution is -2.50. The van der Waals surface area contributed by atoms with E-state index in [4.69, 9.17) is 0 Å². The van der Waals surface area contributed by atoms with Crippen LogP contribution < -0.4 is 10.6 Å². The molecule has 1 fully saturated rings. The van der Waals surface area contributed by atoms with Crippen LogP contribution in [0.25, 0.3) is 0 Å². The fourth-order valence-electron chi connectivity index (χ4n) is 4.03. The minimum atomic E-state index is -4.64. The van der Waals surface area contributed by atoms with Crippen molar-refractivity contribution < 1.29 is 27.6 Å². The molecule has 1 unspecified atom stereocenters. The molecule has 0 aliphatic carbocycles. The summed E-state index contributed by atoms with van der Waals surface area (Å²) < 4.78 is 40.6. The molecule has 9 heteroatoms. The maximum atomic E-state index is 13.5. The van der Waals surface area contributed by atoms with Crippen molar-refractivity contribution in [1.29, 1.82) is 0 Å². The summed E-state index contributed by atoms with van der Waals surface area (Å²) >= 11 is 0. The predicted molar refractivity (Wildman–Crippen MR) is 105 cm³/mol. The number of nitrogens with zero attached hydrogens (tertiary/aromatic N) is 1. The van der Waals surface area contributed by atoms with Gasteiger partial charge in [0.1, 0.15) is 0 Å². The first-order valence-corrected chi connectivity index (χ1v) is 9.84. The minimum Gasteiger partial charge on any atom is -0.337 e. The summed E-state index contributed by atoms with van der Waals surface area (Å²) in [6.45, 7) is 0.850. The Morgan fingerprint density at radius 3 is 2.45 bits per heavy atom. The summed E-state index contributed by atoms with van der Waals surface area (Å²) in [5, 5.41) is 4.41. The van der Waals surface area contributed by atoms with Crippen LogP contribution in [0, 0.1) is 0 Å². The van der Waals surface area contributed by atoms with Gasteiger partial charge in [0, 0.05) is 25.1 Å². The van der Waals surface area contributed by atoms with Crippen LogP contribution in [0.4, 0.5) is 13.2 Å². The second-order valence-electron chi connectivity index (χ2n) is 7.71. The molecule has 0 aromatic heterocycles. The second kappa shape index (κ2) is 8.14. The highest BCUT2D eigenvalue weighted by atomic mass is 19.4. The molecule has 4 rings (SSSR count). The van der Waals surface area contributed by atoms with Gasteiger partial charge in [-0.3, -0.25) is 24.6 Å². The summed E-state index contributed by atoms with van der Waals surface area (Å²) in [7, 11) is 0. The van der Waals surface area contributed by atoms with Gasteiger partial charge in [-0.05, 0) is 35.2 Å². The van der Waals surface area contributed by atoms with E-state index in [0.29, 0.717) is 19.5 Å². The lowest BCUT2D eigenvalue weighted by Gasteiger charge is -2.29. The molecule has 31 heavy (non-hydrogen) atoms. The Balaban J connectivity index is 1.49. The molecule has 2 aliphatic heterocycles. The largest absolute Gasteiger partial charge is 0.412 e. The van der Waals surface area contributed by atoms with E-state index in [2.05, 4.69) is 10.6 Å². The molecule has 2 atom stereocenters. The van der Waals surface area contributed by atoms with Crippen molar-refractivity contribution in [2.75, 3.05) is 0 Å². The van der Waals surface area contributed by atoms with Crippen LogP contribution in [0.3, 0.4) is 0 Å². The first-order valence-electron chi connectivity index (χ1n) is 9.84. The van der Waals surface area contributed by atoms with Gasteiger partial charge < -0.3 is 5.32 Å². The fraction of sp³-hybridized carbons (Fsp3) is 0.318. The van der Waals surface area contributed by atoms with Gasteiger partial charge in [0.15, 0.2) is 6.04 Å². The number of halogens is 3. The molecule has 2 N–H and O–H groups in total. The zero-order valence-corrected chi connectivity index (χ0v) is 16.4. The Hall–Kier alpha value is -3.20. The average molecular weight is 431 g/mol. The van der Waals surface area contributed by atoms with E-state index in [1.165, 1.54) is 30.3 Å². The summed E-state index contributed by atoms with van der Waals surface area (Å²) in [5.74, 6) is -1.47. The van der Waals surface area contributed by atoms with Crippen LogP contribution in [0.1, 0.15) is 45.9 Å². The molecule has 0 saturated carbocycles. The van der Waals surface area contributed by atoms with E-state index in [1.807, 2.05) is 4.90 Å². The van der Waals surface area contributed by atoms with Crippen molar-refractivity contribution in [1.82, 2.24) is 15.5 Å². The summed E-state index contributed by atoms with van der Waals surface area (Å²) in [5.41, 5.74) is 1.75. The molecule has 2 aliphatic rings. The second-order valence-corrected chi connectivity index (χ2v) is 7.71. The smallest absolute Gasteiger partial charge is 0.337 e. The number of fused-ring (bicyclic) bond motifs is 1. The Morgan fingerprint density at radius 1 is 1.06 bits per heavy atom. The van der Waals surface area contributed by atoms with Crippen LogP contribution in [-0.4, -0.2) is 34.8 Å². The average Bonchev–Trinajstić information content (AvgIpc) is 3.14. The van der Waals surface area contributed by atoms with Gasteiger partial charge in [0.05, 0.1) is 6.04 Å². The molecular formula is C22H20F3N3O3. The number of imide groups is 1. The maximum Gasteiger partial charge on any atom is 0.412 e. The standard InChI is InChI=1S/C22H20F3N3O3/c23-22(24,25)19(13-4-2-1-3-5-13)27-20(30)14-6-7-15-11-28(12-16(15)10-14)17-8-9-18(29)26-21(17)31/h1-7,10,17,19H,8-9,11-12H2,(H,27,30)(H,26,29,31)/t17?,19-/m1/s1. The molecule has 162 valence electrons. The van der Waals surface area contributed by atoms with Crippen molar-refractivity contribution in [3.05, 3.63) is 70.8 Å². The van der Waals surface area contributed by atoms with E-state index in [1.54, 1.807) is 18.2 Å². The van der Waals surface area contributed by atoms with E-state index in [-0.39, 0.29) is 29.4 Å². The van der Waals surface area contributed by atoms with Crippen LogP contribution >= 0.6 is 0 Å². The number of piperidine rings is 1. The number of nitrogens with one attached hydrogen (secondary N) is 2. The van der Waals surface area contributed by atoms with Crippen molar-refractivity contribution in [2.24, 2.45) is 0 Å². The van der Waals surface area contributed by atoms with Crippen LogP contribution in [0.5, 0.6) is 0 Å². The molecule has 0 spiro atoms. The summed E-state index contributed by atoms with van der Waals surface area (Å²) in [6, 6.07) is 9.39. The van der Waals surface area contributed by atoms with Crippen LogP contribution in [-0.2, 0) is 22.7 Å². The SMILES string of the molecule is O=C1CCC(N2Cc3ccc(C(=O)N[C@H](c4ccccc4)C(F)(F)F)cc3C2)C(=O)N1. The van der Waals surface area contributed by atoms with Gasteiger partial charge >= 0.3 is 6.18 Å². The van der Waals surface area contributed by atoms with Crippen molar-refractivity contribution in [3.63, 3.8) is 0 Å². The van der Waals surface area contributed by atoms with Gasteiger partial charge in [-0.2, -0.15) is 13.2 Å². The Kier molecular flexibility index (Phi) is 5.53. The summed E-state index contributed by atoms with van der Waals surface area (Å²) in [4.78, 5) is 38.0. The minimum absolute atomic E-state index is 0.0476. The van der Waals surface area contributed by atoms with Gasteiger partial charge in [-0.15, -0.1) is 0 Å². The lowest BCUT2D eigenvalue weighted by molar-refractivity contribution is -0.155. The highest BCUT2D eigenvalue weighted by Gasteiger charge is 2.42. The number of hydrogen-bond donors (Lipinski definition) is 2. The molecule has 6 nitrogen and oxygen atoms in total. The number of rotatable bonds is 4. The monoisotopic (exact) mass is 431 g/mol. The third-order valence-corrected chi connectivity index (χ3v) is 5.60. The molecule has 2 aromatic carbocycles. The lowest BCUT2D eigenvalue weighted by atomic mass is 10.0. The van der Waals surface area contributed by atoms with Gasteiger partial charge in [-0.1, -0.05) is 36.4 Å². The first kappa shape index (κ1) is 21.0. The topological polar surface area (TPSA) is 78.5 Å². The number of carbonyl (C=O) groups is 3. The number of amides is 3. The fourth-order valence-corrected chi connectivity index (χ4v) is 4.03. The molecule has 2 heterocycles. The van der Waals surface area contributed by atoms with Crippen LogP contribution in [0.2, 0.25) is 0 Å². The number of carbonyl (C=O) groups excluding carboxylic acids is 3. The van der Waals surface area contributed by atoms with Crippen LogP contribution in [0.15, 0.2) is 48.5 Å². The number of alkyl halides is 3. The number of benzene rings is 2. The zero-order chi connectivity index (χ0) is 22.2. The number of hydrogen-bond acceptors (Lipinski definition) is 4. The van der Waals surface area contributed by atoms with Crippen molar-refractivity contribution in [3.8, 4) is 0 Å². The van der Waals surface area contributed by atoms with Gasteiger partial charge in [0.2, 0.25) is 11.8 Å². The Bertz CT molecular complexity index is 1020. The quantitative estimate of drug-likeness (QED) is 0.730. The van der Waals surface area contributed by atoms with E-state index < -0.39 is 24.2 Å². The van der Waals surface area contributed by atoms with E-state index in [0.717, 1.165) is 11.1 Å². The van der Waals surface area contributed by atoms with Gasteiger partial charge in [-0.25, -0.2) is 0 Å². The summed E-state index contributed by atoms with van der Waals surface area (Å²) in [6.07, 6.45) is -3.97. The molecule has 3 amide bonds. The van der Waals surface area contributed by atoms with E-state index >= 15 is 0 Å². The third-order valence-electron chi connectivity index (χ3n) is 5.60. The molecule has 0 bridgehead atoms. The zero-order valence-electron chi connectivity index (χ0n) is 16.4. The maximum absolute atomic E-state index is 13.5. The Morgan fingerprint density at radius 2 is 1.77 bits per heavy atom. The normalized spacial score (nSPS) is 20.2. The molecule has 0 radical (unpaired) electrons. The van der Waals surface area contributed by atoms with Crippen molar-refractivity contribution >= 4 is 17.7 Å². The highest BCUT2D eigenvalue weighted by Crippen LogP contribution is 2.33.